The lowest BCUT2D eigenvalue weighted by molar-refractivity contribution is -0.149. The molecule has 16 heteroatoms. The van der Waals surface area contributed by atoms with Gasteiger partial charge in [-0.25, -0.2) is 9.48 Å². The lowest BCUT2D eigenvalue weighted by atomic mass is 9.94. The van der Waals surface area contributed by atoms with E-state index in [9.17, 15) is 23.7 Å². The molecule has 0 bridgehead atoms. The van der Waals surface area contributed by atoms with Crippen LogP contribution in [0, 0.1) is 18.8 Å². The summed E-state index contributed by atoms with van der Waals surface area (Å²) in [5.74, 6) is -1.81. The SMILES string of the molecule is CCCOC(=O)[C@H](C)NP(=O)(Oc1ccccc1)C(F)c1ccc2sc(C(=O)N[C@H]3C[C@@H]4C[C@@H]4C[C@H]4CC[C@@H](C(=O)N5CC(c6cc(C)on6)C5)N4C3=O)cc2c1. The number of fused-ring (bicyclic) bond motifs is 3. The van der Waals surface area contributed by atoms with Crippen LogP contribution < -0.4 is 14.9 Å². The molecule has 4 aromatic rings. The molecule has 302 valence electrons. The molecule has 0 spiro atoms. The van der Waals surface area contributed by atoms with Gasteiger partial charge in [-0.15, -0.1) is 11.3 Å². The number of hydrogen-bond acceptors (Lipinski definition) is 10. The van der Waals surface area contributed by atoms with Crippen molar-refractivity contribution in [1.82, 2.24) is 25.4 Å². The van der Waals surface area contributed by atoms with Gasteiger partial charge < -0.3 is 28.9 Å². The molecule has 1 saturated carbocycles. The van der Waals surface area contributed by atoms with Gasteiger partial charge in [0.05, 0.1) is 17.2 Å². The maximum absolute atomic E-state index is 16.5. The molecule has 8 rings (SSSR count). The number of esters is 1. The average molecular weight is 820 g/mol. The van der Waals surface area contributed by atoms with Gasteiger partial charge in [-0.1, -0.05) is 36.3 Å². The van der Waals surface area contributed by atoms with Gasteiger partial charge in [0.15, 0.2) is 0 Å². The van der Waals surface area contributed by atoms with E-state index in [-0.39, 0.29) is 41.7 Å². The van der Waals surface area contributed by atoms with E-state index in [2.05, 4.69) is 15.6 Å². The van der Waals surface area contributed by atoms with Crippen molar-refractivity contribution >= 4 is 52.6 Å². The number of carbonyl (C=O) groups is 4. The fraction of sp³-hybridized carbons (Fsp3) is 0.488. The van der Waals surface area contributed by atoms with Crippen LogP contribution in [-0.2, 0) is 23.7 Å². The Morgan fingerprint density at radius 2 is 1.82 bits per heavy atom. The number of hydrogen-bond donors (Lipinski definition) is 2. The monoisotopic (exact) mass is 819 g/mol. The predicted molar refractivity (Wildman–Crippen MR) is 211 cm³/mol. The maximum atomic E-state index is 16.5. The zero-order chi connectivity index (χ0) is 40.0. The van der Waals surface area contributed by atoms with Crippen LogP contribution in [0.15, 0.2) is 65.2 Å². The third-order valence-corrected chi connectivity index (χ3v) is 14.8. The van der Waals surface area contributed by atoms with Crippen LogP contribution >= 0.6 is 18.9 Å². The van der Waals surface area contributed by atoms with Gasteiger partial charge in [-0.05, 0) is 105 Å². The molecule has 57 heavy (non-hydrogen) atoms. The van der Waals surface area contributed by atoms with Crippen LogP contribution in [0.4, 0.5) is 4.39 Å². The van der Waals surface area contributed by atoms with Gasteiger partial charge in [0.2, 0.25) is 17.7 Å². The topological polar surface area (TPSA) is 160 Å². The van der Waals surface area contributed by atoms with Gasteiger partial charge in [0.25, 0.3) is 5.91 Å². The van der Waals surface area contributed by atoms with Crippen LogP contribution in [0.5, 0.6) is 5.75 Å². The van der Waals surface area contributed by atoms with Crippen LogP contribution in [0.2, 0.25) is 0 Å². The molecule has 0 radical (unpaired) electrons. The van der Waals surface area contributed by atoms with E-state index < -0.39 is 43.4 Å². The minimum atomic E-state index is -4.44. The summed E-state index contributed by atoms with van der Waals surface area (Å²) < 4.78 is 47.7. The largest absolute Gasteiger partial charge is 0.465 e. The van der Waals surface area contributed by atoms with Crippen molar-refractivity contribution in [3.8, 4) is 5.75 Å². The minimum absolute atomic E-state index is 0.0311. The molecular weight excluding hydrogens is 773 g/mol. The van der Waals surface area contributed by atoms with Crippen LogP contribution in [0.1, 0.15) is 90.9 Å². The molecule has 4 fully saturated rings. The Morgan fingerprint density at radius 3 is 2.56 bits per heavy atom. The fourth-order valence-electron chi connectivity index (χ4n) is 8.44. The first kappa shape index (κ1) is 39.2. The lowest BCUT2D eigenvalue weighted by Crippen LogP contribution is -2.59. The summed E-state index contributed by atoms with van der Waals surface area (Å²) in [4.78, 5) is 58.5. The van der Waals surface area contributed by atoms with Crippen LogP contribution in [0.3, 0.4) is 0 Å². The van der Waals surface area contributed by atoms with Gasteiger partial charge >= 0.3 is 13.5 Å². The number of nitrogens with one attached hydrogen (secondary N) is 2. The van der Waals surface area contributed by atoms with E-state index in [1.165, 1.54) is 30.4 Å². The standard InChI is InChI=1S/C41H47FN5O8PS/c1-4-14-53-41(51)24(3)45-56(52,55-31-8-6-5-7-9-31)37(42)25-10-13-35-28(16-25)20-36(57-35)38(48)43-33-19-27-17-26(27)18-30-11-12-34(47(30)39(33)49)40(50)46-21-29(22-46)32-15-23(2)54-44-32/h5-10,13,15-16,20,24,26-27,29-30,33-34,37H,4,11-12,14,17-19,21-22H2,1-3H3,(H,43,48)(H,45,52)/t24-,26+,27-,30+,33-,34-,37?,56?/m0/s1. The Kier molecular flexibility index (Phi) is 11.0. The zero-order valence-corrected chi connectivity index (χ0v) is 33.8. The van der Waals surface area contributed by atoms with E-state index in [1.54, 1.807) is 52.3 Å². The normalized spacial score (nSPS) is 25.3. The number of ether oxygens (including phenoxy) is 1. The Balaban J connectivity index is 0.976. The third-order valence-electron chi connectivity index (χ3n) is 11.6. The first-order valence-corrected chi connectivity index (χ1v) is 22.2. The Bertz CT molecular complexity index is 2210. The molecular formula is C41H47FN5O8PS. The molecule has 4 aliphatic rings. The summed E-state index contributed by atoms with van der Waals surface area (Å²) in [5, 5.41) is 10.3. The van der Waals surface area contributed by atoms with Gasteiger partial charge in [0, 0.05) is 35.8 Å². The van der Waals surface area contributed by atoms with Crippen LogP contribution in [0.25, 0.3) is 10.1 Å². The second-order valence-corrected chi connectivity index (χ2v) is 19.0. The molecule has 3 saturated heterocycles. The summed E-state index contributed by atoms with van der Waals surface area (Å²) in [5.41, 5.74) is 0.862. The van der Waals surface area contributed by atoms with Gasteiger partial charge in [-0.3, -0.25) is 23.7 Å². The molecule has 3 amide bonds. The Morgan fingerprint density at radius 1 is 1.05 bits per heavy atom. The number of benzene rings is 2. The Labute approximate surface area is 334 Å². The highest BCUT2D eigenvalue weighted by molar-refractivity contribution is 7.57. The summed E-state index contributed by atoms with van der Waals surface area (Å²) in [6.45, 7) is 6.33. The first-order valence-electron chi connectivity index (χ1n) is 19.7. The molecule has 3 aliphatic heterocycles. The summed E-state index contributed by atoms with van der Waals surface area (Å²) in [7, 11) is -4.44. The number of aryl methyl sites for hydroxylation is 1. The molecule has 8 atom stereocenters. The summed E-state index contributed by atoms with van der Waals surface area (Å²) >= 11 is 1.20. The van der Waals surface area contributed by atoms with E-state index in [0.29, 0.717) is 59.2 Å². The van der Waals surface area contributed by atoms with Crippen molar-refractivity contribution in [2.45, 2.75) is 95.3 Å². The maximum Gasteiger partial charge on any atom is 0.355 e. The quantitative estimate of drug-likeness (QED) is 0.108. The molecule has 13 nitrogen and oxygen atoms in total. The predicted octanol–water partition coefficient (Wildman–Crippen LogP) is 6.88. The molecule has 5 heterocycles. The number of thiophene rings is 1. The number of halogens is 1. The molecule has 2 aromatic heterocycles. The summed E-state index contributed by atoms with van der Waals surface area (Å²) in [6.07, 6.45) is 4.30. The number of carbonyl (C=O) groups excluding carboxylic acids is 4. The van der Waals surface area contributed by atoms with E-state index in [1.807, 2.05) is 19.9 Å². The number of para-hydroxylation sites is 1. The van der Waals surface area contributed by atoms with Crippen molar-refractivity contribution in [3.05, 3.63) is 82.6 Å². The van der Waals surface area contributed by atoms with E-state index >= 15 is 4.39 Å². The smallest absolute Gasteiger partial charge is 0.355 e. The average Bonchev–Trinajstić information content (AvgIpc) is 3.49. The fourth-order valence-corrected chi connectivity index (χ4v) is 11.3. The van der Waals surface area contributed by atoms with Crippen molar-refractivity contribution in [1.29, 1.82) is 0 Å². The van der Waals surface area contributed by atoms with E-state index in [4.69, 9.17) is 13.8 Å². The number of likely N-dealkylation sites (tertiary alicyclic amines) is 1. The highest BCUT2D eigenvalue weighted by Crippen LogP contribution is 2.58. The van der Waals surface area contributed by atoms with Crippen molar-refractivity contribution in [2.75, 3.05) is 19.7 Å². The number of rotatable bonds is 13. The number of alkyl halides is 1. The highest BCUT2D eigenvalue weighted by atomic mass is 32.1. The van der Waals surface area contributed by atoms with Gasteiger partial charge in [0.1, 0.15) is 29.6 Å². The second-order valence-electron chi connectivity index (χ2n) is 15.8. The highest BCUT2D eigenvalue weighted by Gasteiger charge is 2.52. The first-order chi connectivity index (χ1) is 27.4. The summed E-state index contributed by atoms with van der Waals surface area (Å²) in [6, 6.07) is 13.8. The van der Waals surface area contributed by atoms with Crippen LogP contribution in [-0.4, -0.2) is 82.5 Å². The molecule has 2 N–H and O–H groups in total. The zero-order valence-electron chi connectivity index (χ0n) is 32.1. The number of amides is 3. The minimum Gasteiger partial charge on any atom is -0.465 e. The van der Waals surface area contributed by atoms with E-state index in [0.717, 1.165) is 30.7 Å². The lowest BCUT2D eigenvalue weighted by Gasteiger charge is -2.42. The van der Waals surface area contributed by atoms with Crippen molar-refractivity contribution in [2.24, 2.45) is 11.8 Å². The molecule has 1 aliphatic carbocycles. The van der Waals surface area contributed by atoms with Crippen molar-refractivity contribution < 1.29 is 41.9 Å². The third kappa shape index (κ3) is 8.11. The molecule has 2 unspecified atom stereocenters. The molecule has 2 aromatic carbocycles. The number of nitrogens with zero attached hydrogens (tertiary/aromatic N) is 3. The van der Waals surface area contributed by atoms with Crippen molar-refractivity contribution in [3.63, 3.8) is 0 Å². The second kappa shape index (κ2) is 16.0. The van der Waals surface area contributed by atoms with Gasteiger partial charge in [-0.2, -0.15) is 0 Å². The Hall–Kier alpha value is -4.59. The number of aromatic nitrogens is 1.